The van der Waals surface area contributed by atoms with E-state index < -0.39 is 10.0 Å². The molecule has 3 nitrogen and oxygen atoms in total. The number of rotatable bonds is 5. The Morgan fingerprint density at radius 2 is 1.90 bits per heavy atom. The van der Waals surface area contributed by atoms with Crippen molar-refractivity contribution in [1.82, 2.24) is 4.31 Å². The predicted molar refractivity (Wildman–Crippen MR) is 81.2 cm³/mol. The SMILES string of the molecule is Cc1ccc(S(=O)(=O)N(Cc2cccs2)C2CC2)cc1. The molecular formula is C15H17NO2S2. The van der Waals surface area contributed by atoms with Gasteiger partial charge in [0.1, 0.15) is 0 Å². The van der Waals surface area contributed by atoms with Crippen molar-refractivity contribution in [3.05, 3.63) is 52.2 Å². The van der Waals surface area contributed by atoms with Crippen LogP contribution in [0.1, 0.15) is 23.3 Å². The topological polar surface area (TPSA) is 37.4 Å². The first-order valence-corrected chi connectivity index (χ1v) is 9.00. The van der Waals surface area contributed by atoms with Gasteiger partial charge in [0.2, 0.25) is 10.0 Å². The Labute approximate surface area is 123 Å². The van der Waals surface area contributed by atoms with Gasteiger partial charge in [0.15, 0.2) is 0 Å². The van der Waals surface area contributed by atoms with Crippen LogP contribution >= 0.6 is 11.3 Å². The standard InChI is InChI=1S/C15H17NO2S2/c1-12-4-8-15(9-5-12)20(17,18)16(13-6-7-13)11-14-3-2-10-19-14/h2-5,8-10,13H,6-7,11H2,1H3. The van der Waals surface area contributed by atoms with Crippen LogP contribution in [0.15, 0.2) is 46.7 Å². The van der Waals surface area contributed by atoms with Crippen molar-refractivity contribution in [2.24, 2.45) is 0 Å². The van der Waals surface area contributed by atoms with Crippen molar-refractivity contribution in [2.75, 3.05) is 0 Å². The molecule has 1 heterocycles. The average molecular weight is 307 g/mol. The number of hydrogen-bond donors (Lipinski definition) is 0. The molecule has 20 heavy (non-hydrogen) atoms. The minimum atomic E-state index is -3.39. The molecule has 5 heteroatoms. The van der Waals surface area contributed by atoms with Gasteiger partial charge in [0.05, 0.1) is 4.90 Å². The Hall–Kier alpha value is -1.17. The molecule has 1 fully saturated rings. The highest BCUT2D eigenvalue weighted by molar-refractivity contribution is 7.89. The van der Waals surface area contributed by atoms with Gasteiger partial charge in [-0.2, -0.15) is 4.31 Å². The summed E-state index contributed by atoms with van der Waals surface area (Å²) >= 11 is 1.60. The van der Waals surface area contributed by atoms with Crippen molar-refractivity contribution in [3.63, 3.8) is 0 Å². The second-order valence-electron chi connectivity index (χ2n) is 5.17. The Morgan fingerprint density at radius 1 is 1.20 bits per heavy atom. The zero-order chi connectivity index (χ0) is 14.2. The lowest BCUT2D eigenvalue weighted by Gasteiger charge is -2.21. The fraction of sp³-hybridized carbons (Fsp3) is 0.333. The van der Waals surface area contributed by atoms with Crippen LogP contribution in [0.3, 0.4) is 0 Å². The van der Waals surface area contributed by atoms with E-state index in [0.29, 0.717) is 11.4 Å². The van der Waals surface area contributed by atoms with Crippen LogP contribution in [0.5, 0.6) is 0 Å². The van der Waals surface area contributed by atoms with Gasteiger partial charge in [-0.25, -0.2) is 8.42 Å². The van der Waals surface area contributed by atoms with E-state index in [0.717, 1.165) is 23.3 Å². The lowest BCUT2D eigenvalue weighted by molar-refractivity contribution is 0.401. The van der Waals surface area contributed by atoms with Crippen LogP contribution in [0.25, 0.3) is 0 Å². The largest absolute Gasteiger partial charge is 0.243 e. The van der Waals surface area contributed by atoms with E-state index in [1.54, 1.807) is 27.8 Å². The first-order chi connectivity index (χ1) is 9.57. The maximum absolute atomic E-state index is 12.8. The summed E-state index contributed by atoms with van der Waals surface area (Å²) in [5, 5.41) is 1.99. The maximum atomic E-state index is 12.8. The summed E-state index contributed by atoms with van der Waals surface area (Å²) in [7, 11) is -3.39. The van der Waals surface area contributed by atoms with E-state index in [1.807, 2.05) is 36.6 Å². The van der Waals surface area contributed by atoms with E-state index in [-0.39, 0.29) is 6.04 Å². The Kier molecular flexibility index (Phi) is 3.67. The zero-order valence-corrected chi connectivity index (χ0v) is 13.0. The summed E-state index contributed by atoms with van der Waals surface area (Å²) in [6.07, 6.45) is 1.94. The molecule has 1 saturated carbocycles. The van der Waals surface area contributed by atoms with Crippen LogP contribution < -0.4 is 0 Å². The number of benzene rings is 1. The molecule has 0 aliphatic heterocycles. The van der Waals surface area contributed by atoms with E-state index in [2.05, 4.69) is 0 Å². The fourth-order valence-corrected chi connectivity index (χ4v) is 4.62. The Balaban J connectivity index is 1.91. The second kappa shape index (κ2) is 5.31. The third-order valence-electron chi connectivity index (χ3n) is 3.47. The molecule has 0 bridgehead atoms. The molecule has 0 N–H and O–H groups in total. The van der Waals surface area contributed by atoms with Crippen molar-refractivity contribution in [2.45, 2.75) is 37.2 Å². The Bertz CT molecular complexity index is 671. The molecule has 0 unspecified atom stereocenters. The molecule has 3 rings (SSSR count). The van der Waals surface area contributed by atoms with Gasteiger partial charge in [0, 0.05) is 17.5 Å². The summed E-state index contributed by atoms with van der Waals surface area (Å²) in [6.45, 7) is 2.44. The number of thiophene rings is 1. The molecule has 0 saturated heterocycles. The minimum Gasteiger partial charge on any atom is -0.207 e. The lowest BCUT2D eigenvalue weighted by Crippen LogP contribution is -2.32. The number of sulfonamides is 1. The molecule has 0 amide bonds. The van der Waals surface area contributed by atoms with E-state index in [1.165, 1.54) is 0 Å². The second-order valence-corrected chi connectivity index (χ2v) is 8.10. The van der Waals surface area contributed by atoms with Gasteiger partial charge in [0.25, 0.3) is 0 Å². The van der Waals surface area contributed by atoms with Crippen LogP contribution in [0.4, 0.5) is 0 Å². The van der Waals surface area contributed by atoms with Gasteiger partial charge in [-0.05, 0) is 43.3 Å². The molecular weight excluding hydrogens is 290 g/mol. The van der Waals surface area contributed by atoms with Crippen LogP contribution in [-0.2, 0) is 16.6 Å². The zero-order valence-electron chi connectivity index (χ0n) is 11.3. The van der Waals surface area contributed by atoms with Gasteiger partial charge in [-0.1, -0.05) is 23.8 Å². The minimum absolute atomic E-state index is 0.170. The normalized spacial score (nSPS) is 15.7. The van der Waals surface area contributed by atoms with E-state index in [9.17, 15) is 8.42 Å². The monoisotopic (exact) mass is 307 g/mol. The molecule has 0 radical (unpaired) electrons. The van der Waals surface area contributed by atoms with Crippen molar-refractivity contribution >= 4 is 21.4 Å². The van der Waals surface area contributed by atoms with Gasteiger partial charge in [-0.3, -0.25) is 0 Å². The van der Waals surface area contributed by atoms with Crippen LogP contribution in [-0.4, -0.2) is 18.8 Å². The lowest BCUT2D eigenvalue weighted by atomic mass is 10.2. The highest BCUT2D eigenvalue weighted by Gasteiger charge is 2.38. The molecule has 0 atom stereocenters. The third-order valence-corrected chi connectivity index (χ3v) is 6.25. The quantitative estimate of drug-likeness (QED) is 0.849. The molecule has 106 valence electrons. The summed E-state index contributed by atoms with van der Waals surface area (Å²) in [5.41, 5.74) is 1.07. The predicted octanol–water partition coefficient (Wildman–Crippen LogP) is 3.41. The molecule has 1 aliphatic rings. The first kappa shape index (κ1) is 13.8. The average Bonchev–Trinajstić information content (AvgIpc) is 3.12. The number of aryl methyl sites for hydroxylation is 1. The molecule has 1 aliphatic carbocycles. The molecule has 2 aromatic rings. The Morgan fingerprint density at radius 3 is 2.45 bits per heavy atom. The number of hydrogen-bond acceptors (Lipinski definition) is 3. The van der Waals surface area contributed by atoms with Gasteiger partial charge < -0.3 is 0 Å². The van der Waals surface area contributed by atoms with Gasteiger partial charge in [-0.15, -0.1) is 11.3 Å². The van der Waals surface area contributed by atoms with Gasteiger partial charge >= 0.3 is 0 Å². The van der Waals surface area contributed by atoms with E-state index in [4.69, 9.17) is 0 Å². The molecule has 0 spiro atoms. The van der Waals surface area contributed by atoms with Crippen LogP contribution in [0, 0.1) is 6.92 Å². The molecule has 1 aromatic carbocycles. The number of nitrogens with zero attached hydrogens (tertiary/aromatic N) is 1. The van der Waals surface area contributed by atoms with Crippen molar-refractivity contribution < 1.29 is 8.42 Å². The smallest absolute Gasteiger partial charge is 0.207 e. The molecule has 1 aromatic heterocycles. The van der Waals surface area contributed by atoms with Crippen LogP contribution in [0.2, 0.25) is 0 Å². The van der Waals surface area contributed by atoms with E-state index >= 15 is 0 Å². The summed E-state index contributed by atoms with van der Waals surface area (Å²) in [4.78, 5) is 1.49. The highest BCUT2D eigenvalue weighted by atomic mass is 32.2. The maximum Gasteiger partial charge on any atom is 0.243 e. The van der Waals surface area contributed by atoms with Crippen molar-refractivity contribution in [3.8, 4) is 0 Å². The summed E-state index contributed by atoms with van der Waals surface area (Å²) in [5.74, 6) is 0. The summed E-state index contributed by atoms with van der Waals surface area (Å²) in [6, 6.07) is 11.2. The van der Waals surface area contributed by atoms with Crippen molar-refractivity contribution in [1.29, 1.82) is 0 Å². The summed E-state index contributed by atoms with van der Waals surface area (Å²) < 4.78 is 27.2. The fourth-order valence-electron chi connectivity index (χ4n) is 2.17. The highest BCUT2D eigenvalue weighted by Crippen LogP contribution is 2.34. The first-order valence-electron chi connectivity index (χ1n) is 6.68. The third kappa shape index (κ3) is 2.80.